The summed E-state index contributed by atoms with van der Waals surface area (Å²) in [6.45, 7) is 8.58. The molecule has 2 atom stereocenters. The summed E-state index contributed by atoms with van der Waals surface area (Å²) in [5.41, 5.74) is 0.972. The molecule has 0 saturated heterocycles. The first-order chi connectivity index (χ1) is 5.65. The minimum atomic E-state index is 0.483. The average molecular weight is 167 g/mol. The number of aromatic nitrogens is 1. The Labute approximate surface area is 74.0 Å². The third-order valence-corrected chi connectivity index (χ3v) is 2.59. The molecule has 68 valence electrons. The molecule has 0 aliphatic heterocycles. The van der Waals surface area contributed by atoms with Gasteiger partial charge in [0.1, 0.15) is 5.76 Å². The lowest BCUT2D eigenvalue weighted by Crippen LogP contribution is -2.03. The molecule has 0 aliphatic rings. The van der Waals surface area contributed by atoms with Gasteiger partial charge in [-0.2, -0.15) is 0 Å². The largest absolute Gasteiger partial charge is 0.361 e. The molecule has 0 aliphatic carbocycles. The molecule has 12 heavy (non-hydrogen) atoms. The standard InChI is InChI=1S/C10H17NO/c1-5-7(2)9(4)10-6-8(3)11-12-10/h6-7,9H,5H2,1-4H3. The first-order valence-corrected chi connectivity index (χ1v) is 4.58. The number of hydrogen-bond donors (Lipinski definition) is 0. The minimum Gasteiger partial charge on any atom is -0.361 e. The predicted molar refractivity (Wildman–Crippen MR) is 49.1 cm³/mol. The second-order valence-electron chi connectivity index (χ2n) is 3.54. The van der Waals surface area contributed by atoms with Gasteiger partial charge in [-0.1, -0.05) is 32.3 Å². The van der Waals surface area contributed by atoms with Crippen molar-refractivity contribution in [2.24, 2.45) is 5.92 Å². The molecule has 0 bridgehead atoms. The minimum absolute atomic E-state index is 0.483. The first-order valence-electron chi connectivity index (χ1n) is 4.58. The summed E-state index contributed by atoms with van der Waals surface area (Å²) in [5, 5.41) is 3.88. The molecule has 2 heteroatoms. The molecule has 0 aromatic carbocycles. The van der Waals surface area contributed by atoms with Crippen LogP contribution in [0.5, 0.6) is 0 Å². The second kappa shape index (κ2) is 3.74. The summed E-state index contributed by atoms with van der Waals surface area (Å²) in [5.74, 6) is 2.16. The third-order valence-electron chi connectivity index (χ3n) is 2.59. The normalized spacial score (nSPS) is 16.0. The SMILES string of the molecule is CCC(C)C(C)c1cc(C)no1. The van der Waals surface area contributed by atoms with E-state index in [1.807, 2.05) is 13.0 Å². The number of rotatable bonds is 3. The highest BCUT2D eigenvalue weighted by Gasteiger charge is 2.16. The Morgan fingerprint density at radius 3 is 2.58 bits per heavy atom. The Hall–Kier alpha value is -0.790. The van der Waals surface area contributed by atoms with Crippen molar-refractivity contribution >= 4 is 0 Å². The van der Waals surface area contributed by atoms with Gasteiger partial charge < -0.3 is 4.52 Å². The highest BCUT2D eigenvalue weighted by atomic mass is 16.5. The molecule has 1 aromatic rings. The number of nitrogens with zero attached hydrogens (tertiary/aromatic N) is 1. The zero-order valence-electron chi connectivity index (χ0n) is 8.29. The average Bonchev–Trinajstić information content (AvgIpc) is 2.49. The van der Waals surface area contributed by atoms with Crippen LogP contribution in [-0.4, -0.2) is 5.16 Å². The summed E-state index contributed by atoms with van der Waals surface area (Å²) in [6, 6.07) is 2.02. The van der Waals surface area contributed by atoms with Gasteiger partial charge in [-0.05, 0) is 12.8 Å². The van der Waals surface area contributed by atoms with Gasteiger partial charge in [0, 0.05) is 12.0 Å². The maximum atomic E-state index is 5.20. The smallest absolute Gasteiger partial charge is 0.140 e. The Morgan fingerprint density at radius 1 is 1.50 bits per heavy atom. The van der Waals surface area contributed by atoms with Crippen molar-refractivity contribution in [3.05, 3.63) is 17.5 Å². The lowest BCUT2D eigenvalue weighted by atomic mass is 9.91. The molecular formula is C10H17NO. The predicted octanol–water partition coefficient (Wildman–Crippen LogP) is 3.13. The molecule has 0 amide bonds. The van der Waals surface area contributed by atoms with E-state index in [1.54, 1.807) is 0 Å². The van der Waals surface area contributed by atoms with Crippen molar-refractivity contribution < 1.29 is 4.52 Å². The van der Waals surface area contributed by atoms with Gasteiger partial charge in [0.15, 0.2) is 0 Å². The second-order valence-corrected chi connectivity index (χ2v) is 3.54. The van der Waals surface area contributed by atoms with Gasteiger partial charge in [-0.15, -0.1) is 0 Å². The van der Waals surface area contributed by atoms with Crippen LogP contribution in [0.2, 0.25) is 0 Å². The molecule has 0 spiro atoms. The fraction of sp³-hybridized carbons (Fsp3) is 0.700. The van der Waals surface area contributed by atoms with Crippen LogP contribution < -0.4 is 0 Å². The van der Waals surface area contributed by atoms with Crippen molar-refractivity contribution in [2.75, 3.05) is 0 Å². The van der Waals surface area contributed by atoms with E-state index in [-0.39, 0.29) is 0 Å². The van der Waals surface area contributed by atoms with Gasteiger partial charge in [0.2, 0.25) is 0 Å². The van der Waals surface area contributed by atoms with Gasteiger partial charge in [0.05, 0.1) is 5.69 Å². The lowest BCUT2D eigenvalue weighted by molar-refractivity contribution is 0.325. The zero-order chi connectivity index (χ0) is 9.14. The molecule has 0 radical (unpaired) electrons. The summed E-state index contributed by atoms with van der Waals surface area (Å²) < 4.78 is 5.20. The monoisotopic (exact) mass is 167 g/mol. The number of aryl methyl sites for hydroxylation is 1. The fourth-order valence-electron chi connectivity index (χ4n) is 1.23. The topological polar surface area (TPSA) is 26.0 Å². The first kappa shape index (κ1) is 9.30. The van der Waals surface area contributed by atoms with E-state index in [0.717, 1.165) is 11.5 Å². The molecule has 0 saturated carbocycles. The van der Waals surface area contributed by atoms with Crippen LogP contribution in [-0.2, 0) is 0 Å². The third kappa shape index (κ3) is 1.87. The summed E-state index contributed by atoms with van der Waals surface area (Å²) >= 11 is 0. The van der Waals surface area contributed by atoms with Crippen LogP contribution in [0, 0.1) is 12.8 Å². The van der Waals surface area contributed by atoms with E-state index < -0.39 is 0 Å². The van der Waals surface area contributed by atoms with Crippen molar-refractivity contribution in [2.45, 2.75) is 40.0 Å². The van der Waals surface area contributed by atoms with Gasteiger partial charge >= 0.3 is 0 Å². The molecule has 0 fully saturated rings. The van der Waals surface area contributed by atoms with Crippen LogP contribution in [0.25, 0.3) is 0 Å². The summed E-state index contributed by atoms with van der Waals surface area (Å²) in [7, 11) is 0. The highest BCUT2D eigenvalue weighted by Crippen LogP contribution is 2.26. The van der Waals surface area contributed by atoms with Crippen LogP contribution >= 0.6 is 0 Å². The van der Waals surface area contributed by atoms with Crippen LogP contribution in [0.3, 0.4) is 0 Å². The summed E-state index contributed by atoms with van der Waals surface area (Å²) in [4.78, 5) is 0. The van der Waals surface area contributed by atoms with E-state index >= 15 is 0 Å². The van der Waals surface area contributed by atoms with E-state index in [1.165, 1.54) is 6.42 Å². The van der Waals surface area contributed by atoms with E-state index in [9.17, 15) is 0 Å². The molecule has 0 N–H and O–H groups in total. The van der Waals surface area contributed by atoms with Gasteiger partial charge in [-0.25, -0.2) is 0 Å². The van der Waals surface area contributed by atoms with Crippen molar-refractivity contribution in [3.8, 4) is 0 Å². The van der Waals surface area contributed by atoms with E-state index in [4.69, 9.17) is 4.52 Å². The molecule has 2 unspecified atom stereocenters. The van der Waals surface area contributed by atoms with Crippen LogP contribution in [0.15, 0.2) is 10.6 Å². The maximum absolute atomic E-state index is 5.20. The lowest BCUT2D eigenvalue weighted by Gasteiger charge is -2.14. The molecule has 1 rings (SSSR count). The Morgan fingerprint density at radius 2 is 2.17 bits per heavy atom. The molecule has 2 nitrogen and oxygen atoms in total. The fourth-order valence-corrected chi connectivity index (χ4v) is 1.23. The number of hydrogen-bond acceptors (Lipinski definition) is 2. The van der Waals surface area contributed by atoms with Crippen LogP contribution in [0.4, 0.5) is 0 Å². The molecular weight excluding hydrogens is 150 g/mol. The summed E-state index contributed by atoms with van der Waals surface area (Å²) in [6.07, 6.45) is 1.18. The molecule has 1 heterocycles. The van der Waals surface area contributed by atoms with Crippen LogP contribution in [0.1, 0.15) is 44.6 Å². The van der Waals surface area contributed by atoms with E-state index in [2.05, 4.69) is 25.9 Å². The Balaban J connectivity index is 2.70. The maximum Gasteiger partial charge on any atom is 0.140 e. The van der Waals surface area contributed by atoms with Crippen molar-refractivity contribution in [1.29, 1.82) is 0 Å². The van der Waals surface area contributed by atoms with Crippen molar-refractivity contribution in [1.82, 2.24) is 5.16 Å². The molecule has 1 aromatic heterocycles. The van der Waals surface area contributed by atoms with Gasteiger partial charge in [-0.3, -0.25) is 0 Å². The van der Waals surface area contributed by atoms with Gasteiger partial charge in [0.25, 0.3) is 0 Å². The quantitative estimate of drug-likeness (QED) is 0.691. The van der Waals surface area contributed by atoms with Crippen molar-refractivity contribution in [3.63, 3.8) is 0 Å². The zero-order valence-corrected chi connectivity index (χ0v) is 8.29. The Kier molecular flexibility index (Phi) is 2.90. The Bertz CT molecular complexity index is 242. The van der Waals surface area contributed by atoms with E-state index in [0.29, 0.717) is 11.8 Å². The highest BCUT2D eigenvalue weighted by molar-refractivity contribution is 5.08.